The average Bonchev–Trinajstić information content (AvgIpc) is 2.70. The number of thiazole rings is 1. The van der Waals surface area contributed by atoms with Crippen molar-refractivity contribution in [3.05, 3.63) is 11.1 Å². The number of carbonyl (C=O) groups is 1. The minimum atomic E-state index is -0.00586. The molecule has 17 heavy (non-hydrogen) atoms. The van der Waals surface area contributed by atoms with E-state index in [1.54, 1.807) is 17.1 Å². The number of hydrogen-bond donors (Lipinski definition) is 1. The van der Waals surface area contributed by atoms with Gasteiger partial charge in [0.25, 0.3) is 0 Å². The largest absolute Gasteiger partial charge is 0.311 e. The Balaban J connectivity index is 2.02. The summed E-state index contributed by atoms with van der Waals surface area (Å²) in [7, 11) is 0. The van der Waals surface area contributed by atoms with Gasteiger partial charge in [0.1, 0.15) is 5.69 Å². The van der Waals surface area contributed by atoms with Crippen LogP contribution in [-0.2, 0) is 0 Å². The van der Waals surface area contributed by atoms with E-state index >= 15 is 0 Å². The van der Waals surface area contributed by atoms with Gasteiger partial charge in [-0.25, -0.2) is 4.98 Å². The van der Waals surface area contributed by atoms with Crippen LogP contribution in [0.25, 0.3) is 0 Å². The molecule has 0 bridgehead atoms. The first-order valence-electron chi connectivity index (χ1n) is 5.37. The minimum Gasteiger partial charge on any atom is -0.311 e. The molecule has 1 aliphatic rings. The Morgan fingerprint density at radius 2 is 2.29 bits per heavy atom. The zero-order valence-electron chi connectivity index (χ0n) is 10.1. The topological polar surface area (TPSA) is 54.4 Å². The number of anilines is 1. The summed E-state index contributed by atoms with van der Waals surface area (Å²) in [4.78, 5) is 19.8. The number of amidine groups is 1. The van der Waals surface area contributed by atoms with Gasteiger partial charge in [-0.15, -0.1) is 11.3 Å². The predicted molar refractivity (Wildman–Crippen MR) is 74.3 cm³/mol. The van der Waals surface area contributed by atoms with E-state index in [1.165, 1.54) is 18.3 Å². The molecule has 0 unspecified atom stereocenters. The Bertz CT molecular complexity index is 465. The summed E-state index contributed by atoms with van der Waals surface area (Å²) in [6.45, 7) is 6.76. The average molecular weight is 269 g/mol. The number of Topliss-reactive ketones (excluding diaryl/α,β-unsaturated/α-hetero) is 1. The lowest BCUT2D eigenvalue weighted by Gasteiger charge is -2.26. The number of ketones is 1. The molecule has 0 aromatic carbocycles. The fourth-order valence-electron chi connectivity index (χ4n) is 1.30. The zero-order valence-corrected chi connectivity index (χ0v) is 11.7. The number of aromatic nitrogens is 1. The van der Waals surface area contributed by atoms with Gasteiger partial charge < -0.3 is 5.32 Å². The van der Waals surface area contributed by atoms with E-state index in [0.29, 0.717) is 5.69 Å². The van der Waals surface area contributed by atoms with E-state index in [9.17, 15) is 4.79 Å². The zero-order chi connectivity index (χ0) is 12.5. The predicted octanol–water partition coefficient (Wildman–Crippen LogP) is 2.89. The maximum absolute atomic E-state index is 11.1. The maximum Gasteiger partial charge on any atom is 0.189 e. The highest BCUT2D eigenvalue weighted by atomic mass is 32.2. The second kappa shape index (κ2) is 4.78. The smallest absolute Gasteiger partial charge is 0.189 e. The second-order valence-electron chi connectivity index (χ2n) is 4.79. The molecular formula is C11H15N3OS2. The van der Waals surface area contributed by atoms with Crippen LogP contribution in [0.5, 0.6) is 0 Å². The van der Waals surface area contributed by atoms with Crippen molar-refractivity contribution < 1.29 is 4.79 Å². The van der Waals surface area contributed by atoms with Crippen molar-refractivity contribution in [1.29, 1.82) is 0 Å². The lowest BCUT2D eigenvalue weighted by molar-refractivity contribution is 0.101. The second-order valence-corrected chi connectivity index (χ2v) is 6.62. The van der Waals surface area contributed by atoms with Gasteiger partial charge in [0.15, 0.2) is 16.1 Å². The van der Waals surface area contributed by atoms with Gasteiger partial charge in [-0.1, -0.05) is 25.6 Å². The van der Waals surface area contributed by atoms with Gasteiger partial charge >= 0.3 is 0 Å². The van der Waals surface area contributed by atoms with Crippen LogP contribution in [0, 0.1) is 5.41 Å². The van der Waals surface area contributed by atoms with Crippen molar-refractivity contribution in [2.75, 3.05) is 17.6 Å². The lowest BCUT2D eigenvalue weighted by Crippen LogP contribution is -2.27. The first-order chi connectivity index (χ1) is 7.96. The fourth-order valence-corrected chi connectivity index (χ4v) is 3.06. The van der Waals surface area contributed by atoms with Crippen molar-refractivity contribution in [2.24, 2.45) is 10.4 Å². The van der Waals surface area contributed by atoms with Crippen molar-refractivity contribution in [2.45, 2.75) is 20.8 Å². The first kappa shape index (κ1) is 12.6. The summed E-state index contributed by atoms with van der Waals surface area (Å²) in [5.41, 5.74) is 0.780. The summed E-state index contributed by atoms with van der Waals surface area (Å²) in [6.07, 6.45) is 0. The number of hydrogen-bond acceptors (Lipinski definition) is 6. The van der Waals surface area contributed by atoms with Gasteiger partial charge in [0.05, 0.1) is 0 Å². The van der Waals surface area contributed by atoms with Crippen molar-refractivity contribution in [1.82, 2.24) is 4.98 Å². The van der Waals surface area contributed by atoms with Crippen molar-refractivity contribution in [3.8, 4) is 0 Å². The number of thioether (sulfide) groups is 1. The van der Waals surface area contributed by atoms with E-state index in [1.807, 2.05) is 0 Å². The molecule has 0 saturated carbocycles. The Kier molecular flexibility index (Phi) is 3.53. The Hall–Kier alpha value is -0.880. The van der Waals surface area contributed by atoms with Gasteiger partial charge in [-0.2, -0.15) is 0 Å². The van der Waals surface area contributed by atoms with Crippen LogP contribution in [0.1, 0.15) is 31.3 Å². The molecule has 0 aliphatic carbocycles. The van der Waals surface area contributed by atoms with Gasteiger partial charge in [0, 0.05) is 24.6 Å². The quantitative estimate of drug-likeness (QED) is 0.839. The molecule has 0 atom stereocenters. The Labute approximate surface area is 109 Å². The third kappa shape index (κ3) is 3.29. The molecule has 92 valence electrons. The monoisotopic (exact) mass is 269 g/mol. The molecule has 1 aliphatic heterocycles. The Morgan fingerprint density at radius 1 is 1.53 bits per heavy atom. The molecule has 0 amide bonds. The van der Waals surface area contributed by atoms with Crippen molar-refractivity contribution in [3.63, 3.8) is 0 Å². The van der Waals surface area contributed by atoms with Crippen LogP contribution in [0.4, 0.5) is 5.13 Å². The van der Waals surface area contributed by atoms with Gasteiger partial charge in [-0.05, 0) is 5.41 Å². The SMILES string of the molecule is CC(=O)c1csc(NC2=NCC(C)(C)CS2)n1. The normalized spacial score (nSPS) is 18.6. The third-order valence-corrected chi connectivity index (χ3v) is 4.52. The lowest BCUT2D eigenvalue weighted by atomic mass is 9.97. The number of nitrogens with one attached hydrogen (secondary N) is 1. The number of nitrogens with zero attached hydrogens (tertiary/aromatic N) is 2. The summed E-state index contributed by atoms with van der Waals surface area (Å²) < 4.78 is 0. The number of aliphatic imine (C=N–C) groups is 1. The number of rotatable bonds is 2. The van der Waals surface area contributed by atoms with E-state index < -0.39 is 0 Å². The highest BCUT2D eigenvalue weighted by molar-refractivity contribution is 8.14. The maximum atomic E-state index is 11.1. The summed E-state index contributed by atoms with van der Waals surface area (Å²) in [6, 6.07) is 0. The van der Waals surface area contributed by atoms with Crippen LogP contribution in [-0.4, -0.2) is 28.2 Å². The van der Waals surface area contributed by atoms with Crippen LogP contribution in [0.2, 0.25) is 0 Å². The van der Waals surface area contributed by atoms with Gasteiger partial charge in [0.2, 0.25) is 0 Å². The van der Waals surface area contributed by atoms with E-state index in [2.05, 4.69) is 29.1 Å². The minimum absolute atomic E-state index is 0.00586. The van der Waals surface area contributed by atoms with Gasteiger partial charge in [-0.3, -0.25) is 9.79 Å². The van der Waals surface area contributed by atoms with Crippen LogP contribution in [0.15, 0.2) is 10.4 Å². The standard InChI is InChI=1S/C11H15N3OS2/c1-7(15)8-4-16-10(13-8)14-9-12-5-11(2,3)6-17-9/h4H,5-6H2,1-3H3,(H,12,13,14). The van der Waals surface area contributed by atoms with E-state index in [-0.39, 0.29) is 11.2 Å². The molecule has 2 heterocycles. The fraction of sp³-hybridized carbons (Fsp3) is 0.545. The summed E-state index contributed by atoms with van der Waals surface area (Å²) in [5.74, 6) is 1.04. The van der Waals surface area contributed by atoms with Crippen LogP contribution in [0.3, 0.4) is 0 Å². The summed E-state index contributed by atoms with van der Waals surface area (Å²) >= 11 is 3.14. The first-order valence-corrected chi connectivity index (χ1v) is 7.23. The third-order valence-electron chi connectivity index (χ3n) is 2.33. The van der Waals surface area contributed by atoms with E-state index in [0.717, 1.165) is 22.6 Å². The molecule has 6 heteroatoms. The molecule has 1 aromatic heterocycles. The molecule has 0 fully saturated rings. The Morgan fingerprint density at radius 3 is 2.82 bits per heavy atom. The van der Waals surface area contributed by atoms with Crippen LogP contribution < -0.4 is 5.32 Å². The molecule has 1 N–H and O–H groups in total. The molecular weight excluding hydrogens is 254 g/mol. The van der Waals surface area contributed by atoms with E-state index in [4.69, 9.17) is 0 Å². The molecule has 0 spiro atoms. The molecule has 1 aromatic rings. The van der Waals surface area contributed by atoms with Crippen LogP contribution >= 0.6 is 23.1 Å². The molecule has 4 nitrogen and oxygen atoms in total. The summed E-state index contributed by atoms with van der Waals surface area (Å²) in [5, 5.41) is 6.56. The molecule has 2 rings (SSSR count). The highest BCUT2D eigenvalue weighted by Gasteiger charge is 2.23. The highest BCUT2D eigenvalue weighted by Crippen LogP contribution is 2.28. The molecule has 0 radical (unpaired) electrons. The van der Waals surface area contributed by atoms with Crippen molar-refractivity contribution >= 4 is 39.2 Å². The number of carbonyl (C=O) groups excluding carboxylic acids is 1. The molecule has 0 saturated heterocycles.